The first kappa shape index (κ1) is 14.1. The summed E-state index contributed by atoms with van der Waals surface area (Å²) in [6.45, 7) is 8.42. The average Bonchev–Trinajstić information content (AvgIpc) is 2.28. The molecule has 1 aromatic rings. The van der Waals surface area contributed by atoms with Crippen LogP contribution in [0.5, 0.6) is 5.75 Å². The summed E-state index contributed by atoms with van der Waals surface area (Å²) in [5.41, 5.74) is 2.28. The molecule has 0 aliphatic heterocycles. The standard InChI is InChI=1S/C14H20ClNO/c1-4-16-10-12-13(15)6-5-7-14(12)17-9-8-11(2)3/h5-8,16H,4,9-10H2,1-3H3. The van der Waals surface area contributed by atoms with Gasteiger partial charge in [0.1, 0.15) is 12.4 Å². The molecule has 0 aromatic heterocycles. The SMILES string of the molecule is CCNCc1c(Cl)cccc1OCC=C(C)C. The molecular weight excluding hydrogens is 234 g/mol. The Balaban J connectivity index is 2.75. The van der Waals surface area contributed by atoms with Crippen molar-refractivity contribution in [3.63, 3.8) is 0 Å². The predicted octanol–water partition coefficient (Wildman–Crippen LogP) is 3.79. The van der Waals surface area contributed by atoms with Gasteiger partial charge in [0.2, 0.25) is 0 Å². The van der Waals surface area contributed by atoms with Crippen LogP contribution < -0.4 is 10.1 Å². The van der Waals surface area contributed by atoms with Gasteiger partial charge >= 0.3 is 0 Å². The molecule has 0 aliphatic rings. The molecule has 0 fully saturated rings. The van der Waals surface area contributed by atoms with Gasteiger partial charge in [-0.15, -0.1) is 0 Å². The fourth-order valence-electron chi connectivity index (χ4n) is 1.39. The van der Waals surface area contributed by atoms with E-state index in [9.17, 15) is 0 Å². The highest BCUT2D eigenvalue weighted by Gasteiger charge is 2.06. The van der Waals surface area contributed by atoms with E-state index in [-0.39, 0.29) is 0 Å². The van der Waals surface area contributed by atoms with Crippen LogP contribution in [0.2, 0.25) is 5.02 Å². The lowest BCUT2D eigenvalue weighted by atomic mass is 10.2. The number of halogens is 1. The first-order valence-corrected chi connectivity index (χ1v) is 6.27. The van der Waals surface area contributed by atoms with Crippen molar-refractivity contribution in [1.29, 1.82) is 0 Å². The van der Waals surface area contributed by atoms with Crippen LogP contribution in [-0.4, -0.2) is 13.2 Å². The summed E-state index contributed by atoms with van der Waals surface area (Å²) >= 11 is 6.17. The van der Waals surface area contributed by atoms with E-state index in [4.69, 9.17) is 16.3 Å². The zero-order valence-corrected chi connectivity index (χ0v) is 11.5. The van der Waals surface area contributed by atoms with E-state index in [1.807, 2.05) is 18.2 Å². The molecule has 0 heterocycles. The minimum absolute atomic E-state index is 0.585. The summed E-state index contributed by atoms with van der Waals surface area (Å²) in [7, 11) is 0. The van der Waals surface area contributed by atoms with Crippen LogP contribution in [0.15, 0.2) is 29.8 Å². The largest absolute Gasteiger partial charge is 0.489 e. The van der Waals surface area contributed by atoms with Gasteiger partial charge in [-0.3, -0.25) is 0 Å². The molecule has 0 spiro atoms. The third-order valence-corrected chi connectivity index (χ3v) is 2.71. The lowest BCUT2D eigenvalue weighted by Crippen LogP contribution is -2.13. The third-order valence-electron chi connectivity index (χ3n) is 2.36. The summed E-state index contributed by atoms with van der Waals surface area (Å²) in [5.74, 6) is 0.857. The topological polar surface area (TPSA) is 21.3 Å². The van der Waals surface area contributed by atoms with Gasteiger partial charge in [0.05, 0.1) is 0 Å². The molecule has 0 unspecified atom stereocenters. The highest BCUT2D eigenvalue weighted by molar-refractivity contribution is 6.31. The van der Waals surface area contributed by atoms with Gasteiger partial charge in [-0.25, -0.2) is 0 Å². The molecule has 1 N–H and O–H groups in total. The predicted molar refractivity (Wildman–Crippen MR) is 73.8 cm³/mol. The molecule has 0 radical (unpaired) electrons. The van der Waals surface area contributed by atoms with E-state index in [1.54, 1.807) is 0 Å². The van der Waals surface area contributed by atoms with Gasteiger partial charge in [0.25, 0.3) is 0 Å². The van der Waals surface area contributed by atoms with E-state index < -0.39 is 0 Å². The summed E-state index contributed by atoms with van der Waals surface area (Å²) in [6.07, 6.45) is 2.05. The highest BCUT2D eigenvalue weighted by Crippen LogP contribution is 2.26. The van der Waals surface area contributed by atoms with Crippen LogP contribution >= 0.6 is 11.6 Å². The molecule has 1 aromatic carbocycles. The second-order valence-corrected chi connectivity index (χ2v) is 4.50. The number of hydrogen-bond acceptors (Lipinski definition) is 2. The molecule has 17 heavy (non-hydrogen) atoms. The molecule has 0 amide bonds. The maximum atomic E-state index is 6.17. The van der Waals surface area contributed by atoms with Crippen molar-refractivity contribution in [1.82, 2.24) is 5.32 Å². The first-order valence-electron chi connectivity index (χ1n) is 5.89. The van der Waals surface area contributed by atoms with Crippen LogP contribution in [0.1, 0.15) is 26.3 Å². The summed E-state index contributed by atoms with van der Waals surface area (Å²) in [6, 6.07) is 5.76. The number of rotatable bonds is 6. The van der Waals surface area contributed by atoms with Gasteiger partial charge in [0.15, 0.2) is 0 Å². The highest BCUT2D eigenvalue weighted by atomic mass is 35.5. The summed E-state index contributed by atoms with van der Waals surface area (Å²) in [4.78, 5) is 0. The Kier molecular flexibility index (Phi) is 6.09. The van der Waals surface area contributed by atoms with Crippen LogP contribution in [-0.2, 0) is 6.54 Å². The second kappa shape index (κ2) is 7.36. The Bertz CT molecular complexity index is 384. The maximum Gasteiger partial charge on any atom is 0.125 e. The van der Waals surface area contributed by atoms with E-state index >= 15 is 0 Å². The van der Waals surface area contributed by atoms with E-state index in [2.05, 4.69) is 32.2 Å². The van der Waals surface area contributed by atoms with Crippen molar-refractivity contribution in [3.05, 3.63) is 40.4 Å². The number of ether oxygens (including phenoxy) is 1. The van der Waals surface area contributed by atoms with Crippen molar-refractivity contribution in [2.45, 2.75) is 27.3 Å². The Morgan fingerprint density at radius 2 is 2.18 bits per heavy atom. The lowest BCUT2D eigenvalue weighted by molar-refractivity contribution is 0.357. The van der Waals surface area contributed by atoms with E-state index in [0.29, 0.717) is 6.61 Å². The number of benzene rings is 1. The van der Waals surface area contributed by atoms with Crippen LogP contribution in [0.25, 0.3) is 0 Å². The maximum absolute atomic E-state index is 6.17. The Labute approximate surface area is 109 Å². The van der Waals surface area contributed by atoms with Crippen LogP contribution in [0.3, 0.4) is 0 Å². The fourth-order valence-corrected chi connectivity index (χ4v) is 1.63. The molecular formula is C14H20ClNO. The molecule has 94 valence electrons. The monoisotopic (exact) mass is 253 g/mol. The minimum atomic E-state index is 0.585. The van der Waals surface area contributed by atoms with Crippen molar-refractivity contribution in [3.8, 4) is 5.75 Å². The summed E-state index contributed by atoms with van der Waals surface area (Å²) < 4.78 is 5.73. The minimum Gasteiger partial charge on any atom is -0.489 e. The Morgan fingerprint density at radius 1 is 1.41 bits per heavy atom. The third kappa shape index (κ3) is 4.80. The number of nitrogens with one attached hydrogen (secondary N) is 1. The molecule has 0 aliphatic carbocycles. The summed E-state index contributed by atoms with van der Waals surface area (Å²) in [5, 5.41) is 4.02. The molecule has 3 heteroatoms. The van der Waals surface area contributed by atoms with Crippen molar-refractivity contribution in [2.24, 2.45) is 0 Å². The zero-order chi connectivity index (χ0) is 12.7. The average molecular weight is 254 g/mol. The number of hydrogen-bond donors (Lipinski definition) is 1. The molecule has 2 nitrogen and oxygen atoms in total. The quantitative estimate of drug-likeness (QED) is 0.779. The molecule has 1 rings (SSSR count). The molecule has 0 bridgehead atoms. The number of allylic oxidation sites excluding steroid dienone is 1. The molecule has 0 saturated carbocycles. The van der Waals surface area contributed by atoms with Gasteiger partial charge in [-0.1, -0.05) is 30.2 Å². The smallest absolute Gasteiger partial charge is 0.125 e. The van der Waals surface area contributed by atoms with Crippen molar-refractivity contribution >= 4 is 11.6 Å². The second-order valence-electron chi connectivity index (χ2n) is 4.09. The Morgan fingerprint density at radius 3 is 2.82 bits per heavy atom. The van der Waals surface area contributed by atoms with Crippen LogP contribution in [0.4, 0.5) is 0 Å². The van der Waals surface area contributed by atoms with E-state index in [1.165, 1.54) is 5.57 Å². The van der Waals surface area contributed by atoms with E-state index in [0.717, 1.165) is 29.4 Å². The Hall–Kier alpha value is -0.990. The van der Waals surface area contributed by atoms with Crippen molar-refractivity contribution < 1.29 is 4.74 Å². The van der Waals surface area contributed by atoms with Gasteiger partial charge in [-0.2, -0.15) is 0 Å². The van der Waals surface area contributed by atoms with Crippen molar-refractivity contribution in [2.75, 3.05) is 13.2 Å². The van der Waals surface area contributed by atoms with Gasteiger partial charge < -0.3 is 10.1 Å². The zero-order valence-electron chi connectivity index (χ0n) is 10.7. The van der Waals surface area contributed by atoms with Crippen LogP contribution in [0, 0.1) is 0 Å². The first-order chi connectivity index (χ1) is 8.15. The van der Waals surface area contributed by atoms with Gasteiger partial charge in [0, 0.05) is 17.1 Å². The molecule has 0 saturated heterocycles. The van der Waals surface area contributed by atoms with Gasteiger partial charge in [-0.05, 0) is 38.6 Å². The normalized spacial score (nSPS) is 10.1. The lowest BCUT2D eigenvalue weighted by Gasteiger charge is -2.12. The molecule has 0 atom stereocenters. The fraction of sp³-hybridized carbons (Fsp3) is 0.429.